The highest BCUT2D eigenvalue weighted by Crippen LogP contribution is 2.29. The number of nitrogens with one attached hydrogen (secondary N) is 1. The maximum atomic E-state index is 12.7. The van der Waals surface area contributed by atoms with Gasteiger partial charge in [0.05, 0.1) is 37.3 Å². The van der Waals surface area contributed by atoms with Crippen molar-refractivity contribution in [3.8, 4) is 5.88 Å². The summed E-state index contributed by atoms with van der Waals surface area (Å²) in [6.45, 7) is 0.291. The van der Waals surface area contributed by atoms with Crippen LogP contribution in [0.4, 0.5) is 4.79 Å². The van der Waals surface area contributed by atoms with E-state index < -0.39 is 18.2 Å². The van der Waals surface area contributed by atoms with Crippen LogP contribution in [0.5, 0.6) is 5.88 Å². The molecule has 0 radical (unpaired) electrons. The summed E-state index contributed by atoms with van der Waals surface area (Å²) in [4.78, 5) is 35.3. The first-order valence-corrected chi connectivity index (χ1v) is 11.9. The van der Waals surface area contributed by atoms with Crippen molar-refractivity contribution in [1.29, 1.82) is 0 Å². The standard InChI is InChI=1S/C26H27N5O6/c1-34-22-8-7-20-24(30-22)17(9-10-28-20)11-19(27)25(32)29-12-18-13-31(26(33)36-18)23-15-35-14-21(37-23)16-5-3-2-4-6-16/h2-3,5,7-10,14-15,18-19H,4,6,11-13,27H2,1H3,(H,29,32)/t18-,19?/m1/s1. The van der Waals surface area contributed by atoms with Gasteiger partial charge in [0.2, 0.25) is 17.7 Å². The van der Waals surface area contributed by atoms with Crippen molar-refractivity contribution in [2.45, 2.75) is 31.4 Å². The highest BCUT2D eigenvalue weighted by Gasteiger charge is 2.36. The van der Waals surface area contributed by atoms with Crippen molar-refractivity contribution in [2.75, 3.05) is 20.2 Å². The van der Waals surface area contributed by atoms with Crippen LogP contribution in [0.3, 0.4) is 0 Å². The zero-order valence-corrected chi connectivity index (χ0v) is 20.3. The number of methoxy groups -OCH3 is 1. The lowest BCUT2D eigenvalue weighted by molar-refractivity contribution is -0.122. The Morgan fingerprint density at radius 1 is 1.32 bits per heavy atom. The SMILES string of the molecule is COc1ccc2nccc(CC(N)C(=O)NC[C@@H]3CN(C4=COC=C(C5=CC=CCC5)O4)C(=O)O3)c2n1. The molecule has 2 aromatic rings. The summed E-state index contributed by atoms with van der Waals surface area (Å²) < 4.78 is 21.9. The quantitative estimate of drug-likeness (QED) is 0.554. The minimum absolute atomic E-state index is 0.102. The van der Waals surface area contributed by atoms with Crippen molar-refractivity contribution in [2.24, 2.45) is 5.73 Å². The number of carbonyl (C=O) groups excluding carboxylic acids is 2. The Balaban J connectivity index is 1.15. The largest absolute Gasteiger partial charge is 0.481 e. The molecule has 2 atom stereocenters. The van der Waals surface area contributed by atoms with Gasteiger partial charge in [0.25, 0.3) is 0 Å². The van der Waals surface area contributed by atoms with Gasteiger partial charge in [0.15, 0.2) is 12.0 Å². The Morgan fingerprint density at radius 3 is 3.03 bits per heavy atom. The molecule has 0 aromatic carbocycles. The predicted molar refractivity (Wildman–Crippen MR) is 133 cm³/mol. The third kappa shape index (κ3) is 5.41. The van der Waals surface area contributed by atoms with Crippen molar-refractivity contribution < 1.29 is 28.5 Å². The lowest BCUT2D eigenvalue weighted by atomic mass is 10.0. The molecule has 3 N–H and O–H groups in total. The van der Waals surface area contributed by atoms with Crippen LogP contribution in [0.25, 0.3) is 11.0 Å². The number of cyclic esters (lactones) is 1. The van der Waals surface area contributed by atoms with Gasteiger partial charge in [0, 0.05) is 12.3 Å². The molecule has 2 aromatic heterocycles. The van der Waals surface area contributed by atoms with Crippen LogP contribution in [-0.2, 0) is 25.4 Å². The summed E-state index contributed by atoms with van der Waals surface area (Å²) in [5, 5.41) is 2.77. The average Bonchev–Trinajstić information content (AvgIpc) is 3.32. The second-order valence-electron chi connectivity index (χ2n) is 8.70. The van der Waals surface area contributed by atoms with Crippen LogP contribution >= 0.6 is 0 Å². The number of amides is 2. The van der Waals surface area contributed by atoms with E-state index in [0.29, 0.717) is 22.7 Å². The van der Waals surface area contributed by atoms with E-state index in [1.165, 1.54) is 24.5 Å². The molecule has 1 aliphatic carbocycles. The first kappa shape index (κ1) is 24.3. The Morgan fingerprint density at radius 2 is 2.22 bits per heavy atom. The molecule has 2 aliphatic heterocycles. The third-order valence-electron chi connectivity index (χ3n) is 6.16. The smallest absolute Gasteiger partial charge is 0.417 e. The lowest BCUT2D eigenvalue weighted by Gasteiger charge is -2.23. The second kappa shape index (κ2) is 10.7. The van der Waals surface area contributed by atoms with Crippen molar-refractivity contribution >= 4 is 23.0 Å². The van der Waals surface area contributed by atoms with Crippen LogP contribution < -0.4 is 15.8 Å². The van der Waals surface area contributed by atoms with E-state index in [1.54, 1.807) is 24.4 Å². The number of hydrogen-bond donors (Lipinski definition) is 2. The highest BCUT2D eigenvalue weighted by atomic mass is 16.6. The Bertz CT molecular complexity index is 1330. The number of allylic oxidation sites excluding steroid dienone is 4. The average molecular weight is 506 g/mol. The summed E-state index contributed by atoms with van der Waals surface area (Å²) in [5.41, 5.74) is 9.25. The number of nitrogens with zero attached hydrogens (tertiary/aromatic N) is 3. The fourth-order valence-corrected chi connectivity index (χ4v) is 4.20. The number of ether oxygens (including phenoxy) is 4. The number of pyridine rings is 2. The molecule has 1 saturated heterocycles. The molecular weight excluding hydrogens is 478 g/mol. The van der Waals surface area contributed by atoms with E-state index in [1.807, 2.05) is 12.2 Å². The number of nitrogens with two attached hydrogens (primary N) is 1. The monoisotopic (exact) mass is 505 g/mol. The van der Waals surface area contributed by atoms with Gasteiger partial charge in [-0.3, -0.25) is 9.78 Å². The van der Waals surface area contributed by atoms with E-state index in [4.69, 9.17) is 24.7 Å². The van der Waals surface area contributed by atoms with Crippen LogP contribution in [0.1, 0.15) is 18.4 Å². The zero-order valence-electron chi connectivity index (χ0n) is 20.3. The van der Waals surface area contributed by atoms with Gasteiger partial charge in [0.1, 0.15) is 12.4 Å². The van der Waals surface area contributed by atoms with Gasteiger partial charge in [-0.05, 0) is 42.5 Å². The summed E-state index contributed by atoms with van der Waals surface area (Å²) in [6, 6.07) is 4.46. The minimum Gasteiger partial charge on any atom is -0.481 e. The maximum absolute atomic E-state index is 12.7. The molecule has 2 amide bonds. The molecule has 0 bridgehead atoms. The van der Waals surface area contributed by atoms with Crippen LogP contribution in [-0.4, -0.2) is 59.2 Å². The maximum Gasteiger partial charge on any atom is 0.417 e. The Labute approximate surface area is 213 Å². The number of hydrogen-bond acceptors (Lipinski definition) is 9. The third-order valence-corrected chi connectivity index (χ3v) is 6.16. The normalized spacial score (nSPS) is 19.7. The molecule has 11 nitrogen and oxygen atoms in total. The molecule has 0 saturated carbocycles. The molecule has 1 fully saturated rings. The first-order chi connectivity index (χ1) is 18.0. The number of fused-ring (bicyclic) bond motifs is 1. The van der Waals surface area contributed by atoms with Gasteiger partial charge >= 0.3 is 6.09 Å². The molecule has 11 heteroatoms. The predicted octanol–water partition coefficient (Wildman–Crippen LogP) is 2.41. The number of aromatic nitrogens is 2. The van der Waals surface area contributed by atoms with Gasteiger partial charge < -0.3 is 30.0 Å². The molecule has 192 valence electrons. The Hall–Kier alpha value is -4.38. The molecule has 1 unspecified atom stereocenters. The van der Waals surface area contributed by atoms with Gasteiger partial charge in [-0.1, -0.05) is 18.2 Å². The minimum atomic E-state index is -0.838. The molecule has 4 heterocycles. The first-order valence-electron chi connectivity index (χ1n) is 11.9. The molecular formula is C26H27N5O6. The number of carbonyl (C=O) groups is 2. The van der Waals surface area contributed by atoms with Crippen LogP contribution in [0, 0.1) is 0 Å². The van der Waals surface area contributed by atoms with E-state index in [2.05, 4.69) is 21.4 Å². The van der Waals surface area contributed by atoms with E-state index in [9.17, 15) is 9.59 Å². The fraction of sp³-hybridized carbons (Fsp3) is 0.308. The molecule has 5 rings (SSSR count). The fourth-order valence-electron chi connectivity index (χ4n) is 4.20. The molecule has 3 aliphatic rings. The molecule has 37 heavy (non-hydrogen) atoms. The molecule has 0 spiro atoms. The lowest BCUT2D eigenvalue weighted by Crippen LogP contribution is -2.45. The highest BCUT2D eigenvalue weighted by molar-refractivity contribution is 5.84. The van der Waals surface area contributed by atoms with Crippen LogP contribution in [0.15, 0.2) is 72.4 Å². The van der Waals surface area contributed by atoms with Gasteiger partial charge in [-0.25, -0.2) is 14.7 Å². The topological polar surface area (TPSA) is 138 Å². The van der Waals surface area contributed by atoms with Crippen molar-refractivity contribution in [3.05, 3.63) is 77.9 Å². The van der Waals surface area contributed by atoms with Crippen LogP contribution in [0.2, 0.25) is 0 Å². The van der Waals surface area contributed by atoms with Gasteiger partial charge in [-0.2, -0.15) is 0 Å². The number of rotatable bonds is 8. The summed E-state index contributed by atoms with van der Waals surface area (Å²) >= 11 is 0. The second-order valence-corrected chi connectivity index (χ2v) is 8.70. The summed E-state index contributed by atoms with van der Waals surface area (Å²) in [7, 11) is 1.53. The Kier molecular flexibility index (Phi) is 7.04. The van der Waals surface area contributed by atoms with Crippen molar-refractivity contribution in [3.63, 3.8) is 0 Å². The summed E-state index contributed by atoms with van der Waals surface area (Å²) in [5.74, 6) is 0.857. The van der Waals surface area contributed by atoms with E-state index in [-0.39, 0.29) is 31.3 Å². The summed E-state index contributed by atoms with van der Waals surface area (Å²) in [6.07, 6.45) is 11.3. The van der Waals surface area contributed by atoms with Crippen molar-refractivity contribution in [1.82, 2.24) is 20.2 Å². The zero-order chi connectivity index (χ0) is 25.8. The van der Waals surface area contributed by atoms with Gasteiger partial charge in [-0.15, -0.1) is 0 Å². The van der Waals surface area contributed by atoms with E-state index in [0.717, 1.165) is 24.0 Å². The van der Waals surface area contributed by atoms with E-state index >= 15 is 0 Å².